The van der Waals surface area contributed by atoms with Gasteiger partial charge in [-0.25, -0.2) is 4.79 Å². The molecular weight excluding hydrogens is 510 g/mol. The van der Waals surface area contributed by atoms with Crippen molar-refractivity contribution in [2.24, 2.45) is 0 Å². The van der Waals surface area contributed by atoms with Crippen molar-refractivity contribution in [2.75, 3.05) is 25.7 Å². The summed E-state index contributed by atoms with van der Waals surface area (Å²) in [6, 6.07) is 17.6. The van der Waals surface area contributed by atoms with Crippen molar-refractivity contribution in [2.45, 2.75) is 39.2 Å². The van der Waals surface area contributed by atoms with Crippen LogP contribution < -0.4 is 14.4 Å². The molecule has 1 atom stereocenters. The number of rotatable bonds is 7. The summed E-state index contributed by atoms with van der Waals surface area (Å²) < 4.78 is 16.1. The molecule has 3 aromatic rings. The summed E-state index contributed by atoms with van der Waals surface area (Å²) in [6.07, 6.45) is 0. The number of hydrogen-bond acceptors (Lipinski definition) is 7. The Labute approximate surface area is 233 Å². The summed E-state index contributed by atoms with van der Waals surface area (Å²) >= 11 is 0. The molecule has 1 heterocycles. The van der Waals surface area contributed by atoms with Crippen LogP contribution in [0.4, 0.5) is 5.69 Å². The molecule has 0 aromatic heterocycles. The van der Waals surface area contributed by atoms with Gasteiger partial charge in [-0.1, -0.05) is 45.0 Å². The lowest BCUT2D eigenvalue weighted by Gasteiger charge is -2.26. The van der Waals surface area contributed by atoms with Crippen molar-refractivity contribution < 1.29 is 33.7 Å². The van der Waals surface area contributed by atoms with Crippen molar-refractivity contribution in [3.05, 3.63) is 94.6 Å². The molecule has 1 aliphatic rings. The summed E-state index contributed by atoms with van der Waals surface area (Å²) in [4.78, 5) is 41.0. The molecule has 1 fully saturated rings. The van der Waals surface area contributed by atoms with Gasteiger partial charge in [0.2, 0.25) is 0 Å². The predicted octanol–water partition coefficient (Wildman–Crippen LogP) is 5.80. The minimum Gasteiger partial charge on any atom is -0.507 e. The van der Waals surface area contributed by atoms with Gasteiger partial charge in [-0.15, -0.1) is 0 Å². The number of amides is 1. The van der Waals surface area contributed by atoms with Gasteiger partial charge in [0.25, 0.3) is 11.7 Å². The van der Waals surface area contributed by atoms with E-state index in [1.807, 2.05) is 26.8 Å². The lowest BCUT2D eigenvalue weighted by Crippen LogP contribution is -2.29. The Bertz CT molecular complexity index is 1500. The number of benzene rings is 3. The number of anilines is 1. The Morgan fingerprint density at radius 3 is 2.33 bits per heavy atom. The third kappa shape index (κ3) is 5.30. The molecule has 1 unspecified atom stereocenters. The van der Waals surface area contributed by atoms with Gasteiger partial charge in [0.15, 0.2) is 0 Å². The number of ether oxygens (including phenoxy) is 3. The van der Waals surface area contributed by atoms with Crippen LogP contribution in [0.5, 0.6) is 11.5 Å². The van der Waals surface area contributed by atoms with Crippen LogP contribution in [0.15, 0.2) is 72.3 Å². The molecule has 0 saturated carbocycles. The summed E-state index contributed by atoms with van der Waals surface area (Å²) in [6.45, 7) is 7.98. The maximum absolute atomic E-state index is 13.7. The summed E-state index contributed by atoms with van der Waals surface area (Å²) in [5, 5.41) is 11.7. The van der Waals surface area contributed by atoms with Gasteiger partial charge < -0.3 is 19.3 Å². The van der Waals surface area contributed by atoms with Crippen molar-refractivity contribution in [3.63, 3.8) is 0 Å². The number of Topliss-reactive ketones (excluding diaryl/α,β-unsaturated/α-hetero) is 1. The number of carbonyl (C=O) groups is 3. The zero-order valence-electron chi connectivity index (χ0n) is 23.5. The highest BCUT2D eigenvalue weighted by Crippen LogP contribution is 2.44. The van der Waals surface area contributed by atoms with Crippen LogP contribution in [0.3, 0.4) is 0 Å². The highest BCUT2D eigenvalue weighted by atomic mass is 16.5. The number of aliphatic hydroxyl groups is 1. The lowest BCUT2D eigenvalue weighted by atomic mass is 9.85. The van der Waals surface area contributed by atoms with E-state index in [2.05, 4.69) is 0 Å². The third-order valence-corrected chi connectivity index (χ3v) is 6.81. The molecule has 0 spiro atoms. The SMILES string of the molecule is CCOC(=O)c1cccc(N2C(=O)C(=O)/C(=C(/O)c3cc(C(C)(C)C)ccc3OC)C2c2cccc(OC)c2)c1. The smallest absolute Gasteiger partial charge is 0.338 e. The molecular formula is C32H33NO7. The largest absolute Gasteiger partial charge is 0.507 e. The standard InChI is InChI=1S/C32H33NO7/c1-7-40-31(37)20-11-8-12-22(16-20)33-27(19-10-9-13-23(17-19)38-5)26(29(35)30(33)36)28(34)24-18-21(32(2,3)4)14-15-25(24)39-6/h8-18,27,34H,7H2,1-6H3/b28-26+. The van der Waals surface area contributed by atoms with Gasteiger partial charge in [-0.05, 0) is 65.9 Å². The van der Waals surface area contributed by atoms with Crippen LogP contribution in [0, 0.1) is 0 Å². The van der Waals surface area contributed by atoms with Crippen LogP contribution in [-0.4, -0.2) is 43.6 Å². The Morgan fingerprint density at radius 2 is 1.68 bits per heavy atom. The number of aliphatic hydroxyl groups excluding tert-OH is 1. The average molecular weight is 544 g/mol. The zero-order chi connectivity index (χ0) is 29.2. The van der Waals surface area contributed by atoms with Crippen LogP contribution in [0.2, 0.25) is 0 Å². The van der Waals surface area contributed by atoms with Gasteiger partial charge in [0, 0.05) is 5.69 Å². The van der Waals surface area contributed by atoms with E-state index >= 15 is 0 Å². The van der Waals surface area contributed by atoms with E-state index in [0.29, 0.717) is 28.3 Å². The molecule has 1 amide bonds. The first-order valence-corrected chi connectivity index (χ1v) is 12.9. The Balaban J connectivity index is 1.99. The predicted molar refractivity (Wildman–Crippen MR) is 152 cm³/mol. The van der Waals surface area contributed by atoms with Gasteiger partial charge >= 0.3 is 5.97 Å². The van der Waals surface area contributed by atoms with Crippen LogP contribution >= 0.6 is 0 Å². The van der Waals surface area contributed by atoms with E-state index in [-0.39, 0.29) is 28.9 Å². The van der Waals surface area contributed by atoms with Gasteiger partial charge in [-0.2, -0.15) is 0 Å². The molecule has 8 heteroatoms. The maximum atomic E-state index is 13.7. The summed E-state index contributed by atoms with van der Waals surface area (Å²) in [5.41, 5.74) is 1.90. The second kappa shape index (κ2) is 11.3. The number of ketones is 1. The second-order valence-corrected chi connectivity index (χ2v) is 10.4. The van der Waals surface area contributed by atoms with Crippen molar-refractivity contribution in [3.8, 4) is 11.5 Å². The van der Waals surface area contributed by atoms with Crippen molar-refractivity contribution in [1.29, 1.82) is 0 Å². The van der Waals surface area contributed by atoms with E-state index in [9.17, 15) is 19.5 Å². The Kier molecular flexibility index (Phi) is 8.00. The first kappa shape index (κ1) is 28.4. The number of carbonyl (C=O) groups excluding carboxylic acids is 3. The topological polar surface area (TPSA) is 102 Å². The summed E-state index contributed by atoms with van der Waals surface area (Å²) in [7, 11) is 2.99. The van der Waals surface area contributed by atoms with Crippen LogP contribution in [0.1, 0.15) is 60.8 Å². The lowest BCUT2D eigenvalue weighted by molar-refractivity contribution is -0.132. The molecule has 0 aliphatic carbocycles. The van der Waals surface area contributed by atoms with Gasteiger partial charge in [0.1, 0.15) is 17.3 Å². The number of hydrogen-bond donors (Lipinski definition) is 1. The molecule has 1 saturated heterocycles. The normalized spacial score (nSPS) is 16.6. The molecule has 40 heavy (non-hydrogen) atoms. The van der Waals surface area contributed by atoms with E-state index in [1.54, 1.807) is 61.5 Å². The molecule has 0 radical (unpaired) electrons. The first-order chi connectivity index (χ1) is 19.0. The minimum absolute atomic E-state index is 0.107. The van der Waals surface area contributed by atoms with Crippen LogP contribution in [-0.2, 0) is 19.7 Å². The Morgan fingerprint density at radius 1 is 0.950 bits per heavy atom. The molecule has 1 N–H and O–H groups in total. The molecule has 208 valence electrons. The zero-order valence-corrected chi connectivity index (χ0v) is 23.5. The third-order valence-electron chi connectivity index (χ3n) is 6.81. The molecule has 0 bridgehead atoms. The van der Waals surface area contributed by atoms with E-state index in [4.69, 9.17) is 14.2 Å². The maximum Gasteiger partial charge on any atom is 0.338 e. The molecule has 4 rings (SSSR count). The first-order valence-electron chi connectivity index (χ1n) is 12.9. The van der Waals surface area contributed by atoms with E-state index < -0.39 is 23.7 Å². The highest BCUT2D eigenvalue weighted by molar-refractivity contribution is 6.51. The average Bonchev–Trinajstić information content (AvgIpc) is 3.22. The molecule has 3 aromatic carbocycles. The monoisotopic (exact) mass is 543 g/mol. The highest BCUT2D eigenvalue weighted by Gasteiger charge is 2.47. The van der Waals surface area contributed by atoms with E-state index in [0.717, 1.165) is 5.56 Å². The van der Waals surface area contributed by atoms with Gasteiger partial charge in [-0.3, -0.25) is 14.5 Å². The molecule has 1 aliphatic heterocycles. The quantitative estimate of drug-likeness (QED) is 0.174. The second-order valence-electron chi connectivity index (χ2n) is 10.4. The molecule has 8 nitrogen and oxygen atoms in total. The fourth-order valence-electron chi connectivity index (χ4n) is 4.73. The van der Waals surface area contributed by atoms with E-state index in [1.165, 1.54) is 25.2 Å². The van der Waals surface area contributed by atoms with Gasteiger partial charge in [0.05, 0.1) is 43.6 Å². The fourth-order valence-corrected chi connectivity index (χ4v) is 4.73. The fraction of sp³-hybridized carbons (Fsp3) is 0.281. The summed E-state index contributed by atoms with van der Waals surface area (Å²) in [5.74, 6) is -1.77. The minimum atomic E-state index is -1.02. The Hall–Kier alpha value is -4.59. The number of esters is 1. The van der Waals surface area contributed by atoms with Crippen molar-refractivity contribution in [1.82, 2.24) is 0 Å². The van der Waals surface area contributed by atoms with Crippen LogP contribution in [0.25, 0.3) is 5.76 Å². The number of methoxy groups -OCH3 is 2. The van der Waals surface area contributed by atoms with Crippen molar-refractivity contribution >= 4 is 29.1 Å². The number of nitrogens with zero attached hydrogens (tertiary/aromatic N) is 1.